The van der Waals surface area contributed by atoms with E-state index in [-0.39, 0.29) is 12.0 Å². The van der Waals surface area contributed by atoms with Crippen molar-refractivity contribution in [3.63, 3.8) is 0 Å². The van der Waals surface area contributed by atoms with Gasteiger partial charge in [0.25, 0.3) is 0 Å². The van der Waals surface area contributed by atoms with E-state index in [4.69, 9.17) is 0 Å². The lowest BCUT2D eigenvalue weighted by atomic mass is 9.79. The lowest BCUT2D eigenvalue weighted by Gasteiger charge is -2.31. The summed E-state index contributed by atoms with van der Waals surface area (Å²) in [5, 5.41) is 12.7. The fourth-order valence-electron chi connectivity index (χ4n) is 2.64. The van der Waals surface area contributed by atoms with Gasteiger partial charge in [-0.15, -0.1) is 0 Å². The molecule has 20 heavy (non-hydrogen) atoms. The van der Waals surface area contributed by atoms with Gasteiger partial charge in [0, 0.05) is 32.1 Å². The van der Waals surface area contributed by atoms with E-state index in [1.807, 2.05) is 22.9 Å². The molecular weight excluding hydrogens is 252 g/mol. The number of aliphatic hydroxyl groups excluding tert-OH is 1. The molecule has 0 fully saturated rings. The molecule has 2 aromatic rings. The molecule has 0 aromatic carbocycles. The maximum atomic E-state index is 9.24. The van der Waals surface area contributed by atoms with E-state index in [9.17, 15) is 5.11 Å². The lowest BCUT2D eigenvalue weighted by molar-refractivity contribution is 0.163. The summed E-state index contributed by atoms with van der Waals surface area (Å²) in [5.41, 5.74) is 1.30. The minimum absolute atomic E-state index is 0.188. The third kappa shape index (κ3) is 3.16. The molecule has 2 heterocycles. The normalized spacial score (nSPS) is 12.2. The average molecular weight is 276 g/mol. The van der Waals surface area contributed by atoms with Gasteiger partial charge in [0.05, 0.1) is 11.9 Å². The van der Waals surface area contributed by atoms with Crippen LogP contribution >= 0.6 is 0 Å². The second-order valence-corrected chi connectivity index (χ2v) is 5.32. The summed E-state index contributed by atoms with van der Waals surface area (Å²) < 4.78 is 2.00. The Bertz CT molecular complexity index is 533. The average Bonchev–Trinajstić information content (AvgIpc) is 2.90. The van der Waals surface area contributed by atoms with Crippen molar-refractivity contribution in [2.45, 2.75) is 39.7 Å². The minimum Gasteiger partial charge on any atom is -0.396 e. The maximum Gasteiger partial charge on any atom is 0.233 e. The Labute approximate surface area is 120 Å². The van der Waals surface area contributed by atoms with E-state index in [0.29, 0.717) is 0 Å². The SMILES string of the molecule is CCC(CC)(CCO)CNCc1cnc2ncccn12. The minimum atomic E-state index is 0.188. The first-order valence-electron chi connectivity index (χ1n) is 7.33. The molecule has 2 aromatic heterocycles. The number of rotatable bonds is 8. The molecule has 0 aliphatic carbocycles. The van der Waals surface area contributed by atoms with Crippen LogP contribution in [-0.2, 0) is 6.54 Å². The van der Waals surface area contributed by atoms with E-state index in [0.717, 1.165) is 43.8 Å². The van der Waals surface area contributed by atoms with Crippen molar-refractivity contribution in [2.75, 3.05) is 13.2 Å². The highest BCUT2D eigenvalue weighted by molar-refractivity contribution is 5.30. The van der Waals surface area contributed by atoms with E-state index in [2.05, 4.69) is 29.1 Å². The van der Waals surface area contributed by atoms with Gasteiger partial charge in [-0.2, -0.15) is 0 Å². The fraction of sp³-hybridized carbons (Fsp3) is 0.600. The number of nitrogens with one attached hydrogen (secondary N) is 1. The predicted octanol–water partition coefficient (Wildman–Crippen LogP) is 2.01. The van der Waals surface area contributed by atoms with Gasteiger partial charge in [-0.1, -0.05) is 13.8 Å². The third-order valence-electron chi connectivity index (χ3n) is 4.31. The molecule has 0 radical (unpaired) electrons. The van der Waals surface area contributed by atoms with E-state index < -0.39 is 0 Å². The number of fused-ring (bicyclic) bond motifs is 1. The Morgan fingerprint density at radius 3 is 2.80 bits per heavy atom. The van der Waals surface area contributed by atoms with Crippen molar-refractivity contribution in [2.24, 2.45) is 5.41 Å². The summed E-state index contributed by atoms with van der Waals surface area (Å²) in [5.74, 6) is 0.733. The van der Waals surface area contributed by atoms with Crippen molar-refractivity contribution < 1.29 is 5.11 Å². The Hall–Kier alpha value is -1.46. The number of nitrogens with zero attached hydrogens (tertiary/aromatic N) is 3. The van der Waals surface area contributed by atoms with E-state index in [1.165, 1.54) is 0 Å². The van der Waals surface area contributed by atoms with Gasteiger partial charge in [0.2, 0.25) is 5.78 Å². The van der Waals surface area contributed by atoms with Crippen LogP contribution in [0.2, 0.25) is 0 Å². The fourth-order valence-corrected chi connectivity index (χ4v) is 2.64. The first-order chi connectivity index (χ1) is 9.74. The standard InChI is InChI=1S/C15H24N4O/c1-3-15(4-2,6-9-20)12-16-10-13-11-18-14-17-7-5-8-19(13)14/h5,7-8,11,16,20H,3-4,6,9-10,12H2,1-2H3. The zero-order chi connectivity index (χ0) is 14.4. The summed E-state index contributed by atoms with van der Waals surface area (Å²) in [6.45, 7) is 6.31. The van der Waals surface area contributed by atoms with Crippen LogP contribution < -0.4 is 5.32 Å². The Morgan fingerprint density at radius 1 is 1.30 bits per heavy atom. The summed E-state index contributed by atoms with van der Waals surface area (Å²) >= 11 is 0. The maximum absolute atomic E-state index is 9.24. The number of hydrogen-bond donors (Lipinski definition) is 2. The molecule has 2 N–H and O–H groups in total. The first-order valence-corrected chi connectivity index (χ1v) is 7.33. The molecule has 0 aliphatic heterocycles. The topological polar surface area (TPSA) is 62.5 Å². The predicted molar refractivity (Wildman–Crippen MR) is 79.4 cm³/mol. The molecule has 0 unspecified atom stereocenters. The highest BCUT2D eigenvalue weighted by Gasteiger charge is 2.24. The van der Waals surface area contributed by atoms with Gasteiger partial charge >= 0.3 is 0 Å². The van der Waals surface area contributed by atoms with Gasteiger partial charge in [0.1, 0.15) is 0 Å². The molecule has 0 saturated heterocycles. The number of hydrogen-bond acceptors (Lipinski definition) is 4. The molecule has 2 rings (SSSR count). The summed E-state index contributed by atoms with van der Waals surface area (Å²) in [7, 11) is 0. The molecule has 0 amide bonds. The molecule has 0 aliphatic rings. The smallest absolute Gasteiger partial charge is 0.233 e. The molecule has 0 spiro atoms. The van der Waals surface area contributed by atoms with E-state index in [1.54, 1.807) is 6.20 Å². The Kier molecular flexibility index (Phi) is 5.09. The molecule has 0 bridgehead atoms. The van der Waals surface area contributed by atoms with Crippen LogP contribution in [0, 0.1) is 5.41 Å². The van der Waals surface area contributed by atoms with E-state index >= 15 is 0 Å². The third-order valence-corrected chi connectivity index (χ3v) is 4.31. The van der Waals surface area contributed by atoms with Gasteiger partial charge < -0.3 is 10.4 Å². The number of aliphatic hydroxyl groups is 1. The monoisotopic (exact) mass is 276 g/mol. The number of aromatic nitrogens is 3. The van der Waals surface area contributed by atoms with Crippen LogP contribution in [0.4, 0.5) is 0 Å². The van der Waals surface area contributed by atoms with Gasteiger partial charge in [-0.05, 0) is 30.7 Å². The van der Waals surface area contributed by atoms with Gasteiger partial charge in [0.15, 0.2) is 0 Å². The Balaban J connectivity index is 1.98. The molecular formula is C15H24N4O. The van der Waals surface area contributed by atoms with Crippen LogP contribution in [0.1, 0.15) is 38.8 Å². The summed E-state index contributed by atoms with van der Waals surface area (Å²) in [6.07, 6.45) is 8.59. The molecule has 5 nitrogen and oxygen atoms in total. The molecule has 0 atom stereocenters. The van der Waals surface area contributed by atoms with Gasteiger partial charge in [-0.25, -0.2) is 9.97 Å². The van der Waals surface area contributed by atoms with Crippen LogP contribution in [0.5, 0.6) is 0 Å². The highest BCUT2D eigenvalue weighted by atomic mass is 16.3. The van der Waals surface area contributed by atoms with Gasteiger partial charge in [-0.3, -0.25) is 4.40 Å². The zero-order valence-corrected chi connectivity index (χ0v) is 12.3. The zero-order valence-electron chi connectivity index (χ0n) is 12.3. The quantitative estimate of drug-likeness (QED) is 0.774. The highest BCUT2D eigenvalue weighted by Crippen LogP contribution is 2.29. The summed E-state index contributed by atoms with van der Waals surface area (Å²) in [4.78, 5) is 8.49. The summed E-state index contributed by atoms with van der Waals surface area (Å²) in [6, 6.07) is 1.91. The van der Waals surface area contributed by atoms with Crippen LogP contribution in [0.25, 0.3) is 5.78 Å². The van der Waals surface area contributed by atoms with Crippen molar-refractivity contribution in [3.05, 3.63) is 30.4 Å². The van der Waals surface area contributed by atoms with Crippen molar-refractivity contribution in [1.82, 2.24) is 19.7 Å². The second-order valence-electron chi connectivity index (χ2n) is 5.32. The largest absolute Gasteiger partial charge is 0.396 e. The van der Waals surface area contributed by atoms with Crippen LogP contribution in [0.3, 0.4) is 0 Å². The lowest BCUT2D eigenvalue weighted by Crippen LogP contribution is -2.34. The second kappa shape index (κ2) is 6.81. The Morgan fingerprint density at radius 2 is 2.10 bits per heavy atom. The first kappa shape index (κ1) is 14.9. The van der Waals surface area contributed by atoms with Crippen LogP contribution in [-0.4, -0.2) is 32.6 Å². The van der Waals surface area contributed by atoms with Crippen molar-refractivity contribution in [1.29, 1.82) is 0 Å². The molecule has 110 valence electrons. The molecule has 5 heteroatoms. The van der Waals surface area contributed by atoms with Crippen molar-refractivity contribution in [3.8, 4) is 0 Å². The van der Waals surface area contributed by atoms with Crippen LogP contribution in [0.15, 0.2) is 24.7 Å². The van der Waals surface area contributed by atoms with Crippen molar-refractivity contribution >= 4 is 5.78 Å². The molecule has 0 saturated carbocycles. The number of imidazole rings is 1.